The van der Waals surface area contributed by atoms with Crippen LogP contribution in [0.5, 0.6) is 0 Å². The fourth-order valence-electron chi connectivity index (χ4n) is 2.08. The molecule has 2 N–H and O–H groups in total. The lowest BCUT2D eigenvalue weighted by molar-refractivity contribution is -0.141. The second-order valence-corrected chi connectivity index (χ2v) is 5.91. The maximum Gasteiger partial charge on any atom is 0.319 e. The van der Waals surface area contributed by atoms with Crippen molar-refractivity contribution >= 4 is 17.3 Å². The van der Waals surface area contributed by atoms with E-state index in [0.717, 1.165) is 30.0 Å². The molecule has 0 atom stereocenters. The minimum absolute atomic E-state index is 0.0624. The standard InChI is InChI=1S/C16H20N2O2S/c1-12-18-15(11-21-12)6-5-13-3-2-4-14(9-13)7-8-20-16(19)10-17/h2-4,9,11H,5-8,10,17H2,1H3. The molecule has 0 aliphatic rings. The molecule has 0 saturated heterocycles. The molecule has 2 aromatic rings. The molecular formula is C16H20N2O2S. The second-order valence-electron chi connectivity index (χ2n) is 4.85. The van der Waals surface area contributed by atoms with Crippen LogP contribution in [0.2, 0.25) is 0 Å². The van der Waals surface area contributed by atoms with Gasteiger partial charge in [-0.2, -0.15) is 0 Å². The number of hydrogen-bond acceptors (Lipinski definition) is 5. The highest BCUT2D eigenvalue weighted by Crippen LogP contribution is 2.13. The Kier molecular flexibility index (Phi) is 5.90. The molecule has 2 rings (SSSR count). The summed E-state index contributed by atoms with van der Waals surface area (Å²) in [4.78, 5) is 15.5. The van der Waals surface area contributed by atoms with Crippen molar-refractivity contribution in [3.63, 3.8) is 0 Å². The molecule has 0 fully saturated rings. The number of nitrogens with zero attached hydrogens (tertiary/aromatic N) is 1. The summed E-state index contributed by atoms with van der Waals surface area (Å²) in [6, 6.07) is 8.37. The predicted octanol–water partition coefficient (Wildman–Crippen LogP) is 2.28. The molecule has 0 radical (unpaired) electrons. The third kappa shape index (κ3) is 5.28. The molecule has 4 nitrogen and oxygen atoms in total. The number of thiazole rings is 1. The number of ether oxygens (including phenoxy) is 1. The molecule has 0 saturated carbocycles. The highest BCUT2D eigenvalue weighted by molar-refractivity contribution is 7.09. The van der Waals surface area contributed by atoms with E-state index in [-0.39, 0.29) is 12.5 Å². The quantitative estimate of drug-likeness (QED) is 0.797. The fourth-order valence-corrected chi connectivity index (χ4v) is 2.72. The van der Waals surface area contributed by atoms with Gasteiger partial charge in [0.25, 0.3) is 0 Å². The van der Waals surface area contributed by atoms with Gasteiger partial charge in [0.15, 0.2) is 0 Å². The van der Waals surface area contributed by atoms with Crippen LogP contribution in [0.3, 0.4) is 0 Å². The Balaban J connectivity index is 1.84. The topological polar surface area (TPSA) is 65.2 Å². The van der Waals surface area contributed by atoms with Gasteiger partial charge >= 0.3 is 5.97 Å². The van der Waals surface area contributed by atoms with Crippen molar-refractivity contribution < 1.29 is 9.53 Å². The molecule has 5 heteroatoms. The first kappa shape index (κ1) is 15.7. The number of nitrogens with two attached hydrogens (primary N) is 1. The molecule has 1 aromatic carbocycles. The van der Waals surface area contributed by atoms with E-state index in [1.807, 2.05) is 19.1 Å². The Bertz CT molecular complexity index is 595. The van der Waals surface area contributed by atoms with Gasteiger partial charge in [0.1, 0.15) is 0 Å². The predicted molar refractivity (Wildman–Crippen MR) is 84.4 cm³/mol. The molecule has 0 amide bonds. The highest BCUT2D eigenvalue weighted by Gasteiger charge is 2.02. The Labute approximate surface area is 129 Å². The van der Waals surface area contributed by atoms with Crippen LogP contribution in [0.15, 0.2) is 29.6 Å². The zero-order valence-electron chi connectivity index (χ0n) is 12.2. The minimum Gasteiger partial charge on any atom is -0.464 e. The van der Waals surface area contributed by atoms with Gasteiger partial charge in [-0.1, -0.05) is 24.3 Å². The fraction of sp³-hybridized carbons (Fsp3) is 0.375. The van der Waals surface area contributed by atoms with Crippen LogP contribution < -0.4 is 5.73 Å². The van der Waals surface area contributed by atoms with Crippen molar-refractivity contribution in [1.82, 2.24) is 4.98 Å². The maximum absolute atomic E-state index is 11.0. The van der Waals surface area contributed by atoms with Crippen molar-refractivity contribution in [2.24, 2.45) is 5.73 Å². The summed E-state index contributed by atoms with van der Waals surface area (Å²) < 4.78 is 4.99. The van der Waals surface area contributed by atoms with E-state index in [4.69, 9.17) is 10.5 Å². The third-order valence-corrected chi connectivity index (χ3v) is 3.97. The maximum atomic E-state index is 11.0. The summed E-state index contributed by atoms with van der Waals surface area (Å²) in [5.74, 6) is -0.356. The normalized spacial score (nSPS) is 10.6. The van der Waals surface area contributed by atoms with Gasteiger partial charge in [-0.15, -0.1) is 11.3 Å². The van der Waals surface area contributed by atoms with Crippen molar-refractivity contribution in [3.8, 4) is 0 Å². The number of hydrogen-bond donors (Lipinski definition) is 1. The number of esters is 1. The van der Waals surface area contributed by atoms with Crippen molar-refractivity contribution in [3.05, 3.63) is 51.5 Å². The third-order valence-electron chi connectivity index (χ3n) is 3.15. The van der Waals surface area contributed by atoms with E-state index in [1.165, 1.54) is 11.1 Å². The van der Waals surface area contributed by atoms with Gasteiger partial charge in [0.05, 0.1) is 23.9 Å². The molecule has 1 heterocycles. The smallest absolute Gasteiger partial charge is 0.319 e. The van der Waals surface area contributed by atoms with Gasteiger partial charge in [-0.3, -0.25) is 4.79 Å². The van der Waals surface area contributed by atoms with E-state index in [1.54, 1.807) is 11.3 Å². The van der Waals surface area contributed by atoms with Crippen LogP contribution in [0.25, 0.3) is 0 Å². The van der Waals surface area contributed by atoms with E-state index in [9.17, 15) is 4.79 Å². The van der Waals surface area contributed by atoms with Crippen LogP contribution in [-0.4, -0.2) is 24.1 Å². The molecule has 0 spiro atoms. The van der Waals surface area contributed by atoms with Crippen molar-refractivity contribution in [1.29, 1.82) is 0 Å². The molecule has 0 aliphatic carbocycles. The number of carbonyl (C=O) groups is 1. The van der Waals surface area contributed by atoms with Crippen LogP contribution >= 0.6 is 11.3 Å². The number of carbonyl (C=O) groups excluding carboxylic acids is 1. The summed E-state index contributed by atoms with van der Waals surface area (Å²) >= 11 is 1.69. The van der Waals surface area contributed by atoms with E-state index < -0.39 is 0 Å². The Morgan fingerprint density at radius 1 is 1.29 bits per heavy atom. The SMILES string of the molecule is Cc1nc(CCc2cccc(CCOC(=O)CN)c2)cs1. The van der Waals surface area contributed by atoms with Gasteiger partial charge in [0, 0.05) is 11.8 Å². The zero-order valence-corrected chi connectivity index (χ0v) is 13.0. The lowest BCUT2D eigenvalue weighted by Gasteiger charge is -2.06. The average molecular weight is 304 g/mol. The number of benzene rings is 1. The number of aryl methyl sites for hydroxylation is 3. The van der Waals surface area contributed by atoms with Gasteiger partial charge in [-0.05, 0) is 30.9 Å². The van der Waals surface area contributed by atoms with Crippen LogP contribution in [0, 0.1) is 6.92 Å². The summed E-state index contributed by atoms with van der Waals surface area (Å²) in [6.07, 6.45) is 2.64. The average Bonchev–Trinajstić information content (AvgIpc) is 2.91. The molecule has 1 aromatic heterocycles. The van der Waals surface area contributed by atoms with E-state index in [0.29, 0.717) is 6.61 Å². The molecule has 0 bridgehead atoms. The lowest BCUT2D eigenvalue weighted by Crippen LogP contribution is -2.17. The zero-order chi connectivity index (χ0) is 15.1. The Morgan fingerprint density at radius 3 is 2.71 bits per heavy atom. The van der Waals surface area contributed by atoms with Gasteiger partial charge in [-0.25, -0.2) is 4.98 Å². The number of aromatic nitrogens is 1. The second kappa shape index (κ2) is 7.90. The number of rotatable bonds is 7. The summed E-state index contributed by atoms with van der Waals surface area (Å²) in [6.45, 7) is 2.34. The molecule has 0 unspecified atom stereocenters. The summed E-state index contributed by atoms with van der Waals surface area (Å²) in [5, 5.41) is 3.23. The Hall–Kier alpha value is -1.72. The molecule has 0 aliphatic heterocycles. The lowest BCUT2D eigenvalue weighted by atomic mass is 10.0. The molecule has 112 valence electrons. The van der Waals surface area contributed by atoms with Gasteiger partial charge in [0.2, 0.25) is 0 Å². The first-order valence-corrected chi connectivity index (χ1v) is 7.90. The highest BCUT2D eigenvalue weighted by atomic mass is 32.1. The minimum atomic E-state index is -0.356. The Morgan fingerprint density at radius 2 is 2.05 bits per heavy atom. The van der Waals surface area contributed by atoms with E-state index in [2.05, 4.69) is 22.5 Å². The molecular weight excluding hydrogens is 284 g/mol. The van der Waals surface area contributed by atoms with Crippen LogP contribution in [0.4, 0.5) is 0 Å². The van der Waals surface area contributed by atoms with Crippen molar-refractivity contribution in [2.45, 2.75) is 26.2 Å². The largest absolute Gasteiger partial charge is 0.464 e. The van der Waals surface area contributed by atoms with Crippen LogP contribution in [-0.2, 0) is 28.8 Å². The summed E-state index contributed by atoms with van der Waals surface area (Å²) in [7, 11) is 0. The van der Waals surface area contributed by atoms with Crippen molar-refractivity contribution in [2.75, 3.05) is 13.2 Å². The monoisotopic (exact) mass is 304 g/mol. The molecule has 21 heavy (non-hydrogen) atoms. The van der Waals surface area contributed by atoms with Crippen LogP contribution in [0.1, 0.15) is 21.8 Å². The first-order valence-electron chi connectivity index (χ1n) is 7.02. The first-order chi connectivity index (χ1) is 10.2. The van der Waals surface area contributed by atoms with Gasteiger partial charge < -0.3 is 10.5 Å². The van der Waals surface area contributed by atoms with E-state index >= 15 is 0 Å². The summed E-state index contributed by atoms with van der Waals surface area (Å²) in [5.41, 5.74) is 8.80.